The summed E-state index contributed by atoms with van der Waals surface area (Å²) in [4.78, 5) is 11.5. The molecule has 0 aromatic heterocycles. The molecule has 1 fully saturated rings. The molecule has 0 aliphatic carbocycles. The molecule has 3 nitrogen and oxygen atoms in total. The van der Waals surface area contributed by atoms with Crippen LogP contribution in [0.2, 0.25) is 0 Å². The average Bonchev–Trinajstić information content (AvgIpc) is 2.81. The van der Waals surface area contributed by atoms with Gasteiger partial charge in [-0.3, -0.25) is 4.79 Å². The topological polar surface area (TPSA) is 35.5 Å². The molecule has 1 aromatic rings. The van der Waals surface area contributed by atoms with Gasteiger partial charge in [-0.2, -0.15) is 0 Å². The van der Waals surface area contributed by atoms with Crippen molar-refractivity contribution in [2.45, 2.75) is 13.0 Å². The van der Waals surface area contributed by atoms with Crippen molar-refractivity contribution in [1.82, 2.24) is 0 Å². The van der Waals surface area contributed by atoms with E-state index in [1.54, 1.807) is 0 Å². The summed E-state index contributed by atoms with van der Waals surface area (Å²) in [5.74, 6) is -0.204. The van der Waals surface area contributed by atoms with Gasteiger partial charge in [-0.25, -0.2) is 0 Å². The van der Waals surface area contributed by atoms with E-state index in [4.69, 9.17) is 9.47 Å². The smallest absolute Gasteiger partial charge is 0.311 e. The second-order valence-corrected chi connectivity index (χ2v) is 3.65. The third kappa shape index (κ3) is 2.80. The SMILES string of the molecule is O=C(OCc1ccccc1)[C@H]1CCOC1. The Bertz CT molecular complexity index is 315. The largest absolute Gasteiger partial charge is 0.461 e. The highest BCUT2D eigenvalue weighted by molar-refractivity contribution is 5.72. The predicted octanol–water partition coefficient (Wildman–Crippen LogP) is 1.77. The van der Waals surface area contributed by atoms with Crippen molar-refractivity contribution in [1.29, 1.82) is 0 Å². The minimum absolute atomic E-state index is 0.0614. The summed E-state index contributed by atoms with van der Waals surface area (Å²) in [7, 11) is 0. The van der Waals surface area contributed by atoms with Crippen LogP contribution in [-0.2, 0) is 20.9 Å². The molecule has 3 heteroatoms. The monoisotopic (exact) mass is 206 g/mol. The molecular formula is C12H14O3. The van der Waals surface area contributed by atoms with Crippen LogP contribution in [0.15, 0.2) is 30.3 Å². The van der Waals surface area contributed by atoms with Gasteiger partial charge in [0.15, 0.2) is 0 Å². The van der Waals surface area contributed by atoms with Gasteiger partial charge >= 0.3 is 5.97 Å². The van der Waals surface area contributed by atoms with Gasteiger partial charge in [0.25, 0.3) is 0 Å². The number of hydrogen-bond acceptors (Lipinski definition) is 3. The van der Waals surface area contributed by atoms with E-state index >= 15 is 0 Å². The van der Waals surface area contributed by atoms with Crippen LogP contribution in [-0.4, -0.2) is 19.2 Å². The average molecular weight is 206 g/mol. The van der Waals surface area contributed by atoms with E-state index in [2.05, 4.69) is 0 Å². The number of rotatable bonds is 3. The lowest BCUT2D eigenvalue weighted by Crippen LogP contribution is -2.17. The molecule has 1 aromatic carbocycles. The van der Waals surface area contributed by atoms with E-state index in [0.29, 0.717) is 19.8 Å². The predicted molar refractivity (Wildman–Crippen MR) is 55.2 cm³/mol. The van der Waals surface area contributed by atoms with E-state index in [0.717, 1.165) is 12.0 Å². The Morgan fingerprint density at radius 3 is 2.87 bits per heavy atom. The van der Waals surface area contributed by atoms with Crippen LogP contribution in [0, 0.1) is 5.92 Å². The lowest BCUT2D eigenvalue weighted by molar-refractivity contribution is -0.149. The molecule has 0 bridgehead atoms. The Morgan fingerprint density at radius 1 is 1.40 bits per heavy atom. The Hall–Kier alpha value is -1.35. The minimum Gasteiger partial charge on any atom is -0.461 e. The summed E-state index contributed by atoms with van der Waals surface area (Å²) in [6.07, 6.45) is 0.785. The molecule has 0 spiro atoms. The van der Waals surface area contributed by atoms with Crippen molar-refractivity contribution in [2.24, 2.45) is 5.92 Å². The van der Waals surface area contributed by atoms with Crippen LogP contribution < -0.4 is 0 Å². The van der Waals surface area contributed by atoms with Crippen molar-refractivity contribution in [2.75, 3.05) is 13.2 Å². The van der Waals surface area contributed by atoms with Crippen molar-refractivity contribution >= 4 is 5.97 Å². The molecule has 1 aliphatic heterocycles. The highest BCUT2D eigenvalue weighted by Crippen LogP contribution is 2.14. The van der Waals surface area contributed by atoms with Gasteiger partial charge in [-0.1, -0.05) is 30.3 Å². The van der Waals surface area contributed by atoms with Crippen LogP contribution in [0.5, 0.6) is 0 Å². The molecule has 1 aliphatic rings. The molecular weight excluding hydrogens is 192 g/mol. The molecule has 0 radical (unpaired) electrons. The Kier molecular flexibility index (Phi) is 3.35. The summed E-state index contributed by atoms with van der Waals surface area (Å²) >= 11 is 0. The zero-order valence-corrected chi connectivity index (χ0v) is 8.52. The molecule has 80 valence electrons. The maximum atomic E-state index is 11.5. The molecule has 1 heterocycles. The van der Waals surface area contributed by atoms with E-state index < -0.39 is 0 Å². The lowest BCUT2D eigenvalue weighted by Gasteiger charge is -2.08. The first-order valence-electron chi connectivity index (χ1n) is 5.14. The van der Waals surface area contributed by atoms with Gasteiger partial charge in [0.1, 0.15) is 6.61 Å². The first-order chi connectivity index (χ1) is 7.36. The zero-order chi connectivity index (χ0) is 10.5. The zero-order valence-electron chi connectivity index (χ0n) is 8.52. The molecule has 0 unspecified atom stereocenters. The van der Waals surface area contributed by atoms with E-state index in [1.807, 2.05) is 30.3 Å². The van der Waals surface area contributed by atoms with Gasteiger partial charge in [0.2, 0.25) is 0 Å². The van der Waals surface area contributed by atoms with Crippen molar-refractivity contribution in [3.05, 3.63) is 35.9 Å². The summed E-state index contributed by atoms with van der Waals surface area (Å²) in [6.45, 7) is 1.54. The van der Waals surface area contributed by atoms with Crippen molar-refractivity contribution in [3.8, 4) is 0 Å². The van der Waals surface area contributed by atoms with Crippen molar-refractivity contribution < 1.29 is 14.3 Å². The fourth-order valence-corrected chi connectivity index (χ4v) is 1.57. The Balaban J connectivity index is 1.80. The Morgan fingerprint density at radius 2 is 2.20 bits per heavy atom. The number of esters is 1. The number of ether oxygens (including phenoxy) is 2. The molecule has 1 saturated heterocycles. The quantitative estimate of drug-likeness (QED) is 0.707. The van der Waals surface area contributed by atoms with Gasteiger partial charge in [-0.05, 0) is 12.0 Å². The highest BCUT2D eigenvalue weighted by atomic mass is 16.5. The van der Waals surface area contributed by atoms with Gasteiger partial charge < -0.3 is 9.47 Å². The Labute approximate surface area is 89.0 Å². The fraction of sp³-hybridized carbons (Fsp3) is 0.417. The molecule has 0 N–H and O–H groups in total. The van der Waals surface area contributed by atoms with Gasteiger partial charge in [0.05, 0.1) is 12.5 Å². The number of hydrogen-bond donors (Lipinski definition) is 0. The second kappa shape index (κ2) is 4.94. The van der Waals surface area contributed by atoms with Gasteiger partial charge in [-0.15, -0.1) is 0 Å². The lowest BCUT2D eigenvalue weighted by atomic mass is 10.1. The van der Waals surface area contributed by atoms with E-state index in [9.17, 15) is 4.79 Å². The third-order valence-corrected chi connectivity index (χ3v) is 2.49. The summed E-state index contributed by atoms with van der Waals surface area (Å²) < 4.78 is 10.3. The molecule has 2 rings (SSSR count). The molecule has 0 amide bonds. The molecule has 15 heavy (non-hydrogen) atoms. The van der Waals surface area contributed by atoms with Crippen LogP contribution >= 0.6 is 0 Å². The van der Waals surface area contributed by atoms with Crippen LogP contribution in [0.4, 0.5) is 0 Å². The van der Waals surface area contributed by atoms with Crippen molar-refractivity contribution in [3.63, 3.8) is 0 Å². The maximum Gasteiger partial charge on any atom is 0.311 e. The standard InChI is InChI=1S/C12H14O3/c13-12(11-6-7-14-9-11)15-8-10-4-2-1-3-5-10/h1-5,11H,6-9H2/t11-/m0/s1. The second-order valence-electron chi connectivity index (χ2n) is 3.65. The van der Waals surface area contributed by atoms with E-state index in [-0.39, 0.29) is 11.9 Å². The maximum absolute atomic E-state index is 11.5. The molecule has 1 atom stereocenters. The third-order valence-electron chi connectivity index (χ3n) is 2.49. The summed E-state index contributed by atoms with van der Waals surface area (Å²) in [6, 6.07) is 9.69. The number of benzene rings is 1. The number of carbonyl (C=O) groups excluding carboxylic acids is 1. The molecule has 0 saturated carbocycles. The minimum atomic E-state index is -0.142. The summed E-state index contributed by atoms with van der Waals surface area (Å²) in [5.41, 5.74) is 1.02. The number of carbonyl (C=O) groups is 1. The fourth-order valence-electron chi connectivity index (χ4n) is 1.57. The van der Waals surface area contributed by atoms with Crippen LogP contribution in [0.1, 0.15) is 12.0 Å². The van der Waals surface area contributed by atoms with Crippen LogP contribution in [0.25, 0.3) is 0 Å². The highest BCUT2D eigenvalue weighted by Gasteiger charge is 2.24. The van der Waals surface area contributed by atoms with E-state index in [1.165, 1.54) is 0 Å². The first kappa shape index (κ1) is 10.2. The van der Waals surface area contributed by atoms with Gasteiger partial charge in [0, 0.05) is 6.61 Å². The first-order valence-corrected chi connectivity index (χ1v) is 5.14. The summed E-state index contributed by atoms with van der Waals surface area (Å²) in [5, 5.41) is 0. The normalized spacial score (nSPS) is 20.1. The van der Waals surface area contributed by atoms with Crippen LogP contribution in [0.3, 0.4) is 0 Å².